The summed E-state index contributed by atoms with van der Waals surface area (Å²) in [6.45, 7) is 0. The summed E-state index contributed by atoms with van der Waals surface area (Å²) in [6.07, 6.45) is 47.5. The van der Waals surface area contributed by atoms with Gasteiger partial charge in [-0.1, -0.05) is 48.6 Å². The molecule has 220 valence electrons. The smallest absolute Gasteiger partial charge is 0.134 e. The van der Waals surface area contributed by atoms with Crippen LogP contribution in [0.1, 0.15) is 141 Å². The fourth-order valence-corrected chi connectivity index (χ4v) is 10.9. The Balaban J connectivity index is 1.15. The van der Waals surface area contributed by atoms with Gasteiger partial charge in [0.05, 0.1) is 0 Å². The van der Waals surface area contributed by atoms with E-state index in [1.165, 1.54) is 128 Å². The minimum absolute atomic E-state index is 0.280. The summed E-state index contributed by atoms with van der Waals surface area (Å²) < 4.78 is 0. The molecule has 0 bridgehead atoms. The maximum atomic E-state index is 14.4. The second kappa shape index (κ2) is 13.3. The fourth-order valence-electron chi connectivity index (χ4n) is 10.9. The Morgan fingerprint density at radius 3 is 1.15 bits per heavy atom. The predicted octanol–water partition coefficient (Wildman–Crippen LogP) is 11.1. The number of carbonyl (C=O) groups is 1. The molecule has 6 aliphatic carbocycles. The summed E-state index contributed by atoms with van der Waals surface area (Å²) in [5.74, 6) is 5.73. The van der Waals surface area contributed by atoms with Crippen molar-refractivity contribution >= 4 is 5.78 Å². The molecule has 2 fully saturated rings. The second-order valence-corrected chi connectivity index (χ2v) is 15.3. The first-order chi connectivity index (χ1) is 19.7. The number of Topliss-reactive ketones (excluding diaryl/α,β-unsaturated/α-hetero) is 1. The SMILES string of the molecule is O=C(CC1(C2CC=CCC2)CCC(C2CC=CCC2)CC1)CC1(C2CC=CCC2)CCC(C2CC=CCC2)CC1. The normalized spacial score (nSPS) is 42.1. The molecule has 0 N–H and O–H groups in total. The van der Waals surface area contributed by atoms with Gasteiger partial charge < -0.3 is 0 Å². The van der Waals surface area contributed by atoms with Gasteiger partial charge in [-0.2, -0.15) is 0 Å². The quantitative estimate of drug-likeness (QED) is 0.279. The summed E-state index contributed by atoms with van der Waals surface area (Å²) in [7, 11) is 0. The molecule has 0 aromatic heterocycles. The van der Waals surface area contributed by atoms with Crippen LogP contribution in [0.4, 0.5) is 0 Å². The summed E-state index contributed by atoms with van der Waals surface area (Å²) in [5.41, 5.74) is 0.560. The molecule has 4 atom stereocenters. The first-order valence-corrected chi connectivity index (χ1v) is 17.8. The third-order valence-electron chi connectivity index (χ3n) is 13.4. The average molecular weight is 543 g/mol. The zero-order chi connectivity index (χ0) is 27.3. The van der Waals surface area contributed by atoms with E-state index in [0.717, 1.165) is 48.3 Å². The minimum atomic E-state index is 0.280. The lowest BCUT2D eigenvalue weighted by Crippen LogP contribution is -2.42. The molecule has 0 aliphatic heterocycles. The van der Waals surface area contributed by atoms with Gasteiger partial charge in [-0.05, 0) is 175 Å². The summed E-state index contributed by atoms with van der Waals surface area (Å²) in [5, 5.41) is 0. The third kappa shape index (κ3) is 6.49. The molecule has 40 heavy (non-hydrogen) atoms. The zero-order valence-electron chi connectivity index (χ0n) is 25.5. The third-order valence-corrected chi connectivity index (χ3v) is 13.4. The van der Waals surface area contributed by atoms with Crippen LogP contribution >= 0.6 is 0 Å². The van der Waals surface area contributed by atoms with Crippen molar-refractivity contribution in [2.75, 3.05) is 0 Å². The van der Waals surface area contributed by atoms with Crippen LogP contribution in [0.15, 0.2) is 48.6 Å². The van der Waals surface area contributed by atoms with Crippen LogP contribution in [0.25, 0.3) is 0 Å². The molecule has 0 aromatic carbocycles. The summed E-state index contributed by atoms with van der Waals surface area (Å²) >= 11 is 0. The van der Waals surface area contributed by atoms with E-state index in [2.05, 4.69) is 48.6 Å². The van der Waals surface area contributed by atoms with E-state index in [1.807, 2.05) is 0 Å². The van der Waals surface area contributed by atoms with Crippen molar-refractivity contribution in [2.24, 2.45) is 46.3 Å². The standard InChI is InChI=1S/C39H58O/c40-37(29-38(35-17-9-3-10-18-35)25-21-33(22-26-38)31-13-5-1-6-14-31)30-39(36-19-11-4-12-20-36)27-23-34(24-28-39)32-15-7-2-8-16-32/h1-5,7,9,11,31-36H,6,8,10,12-30H2. The number of rotatable bonds is 8. The van der Waals surface area contributed by atoms with Gasteiger partial charge in [0.1, 0.15) is 5.78 Å². The lowest BCUT2D eigenvalue weighted by atomic mass is 9.54. The molecule has 6 aliphatic rings. The van der Waals surface area contributed by atoms with Crippen molar-refractivity contribution in [3.63, 3.8) is 0 Å². The molecular weight excluding hydrogens is 484 g/mol. The predicted molar refractivity (Wildman–Crippen MR) is 169 cm³/mol. The largest absolute Gasteiger partial charge is 0.300 e. The van der Waals surface area contributed by atoms with Crippen LogP contribution in [0.5, 0.6) is 0 Å². The van der Waals surface area contributed by atoms with E-state index in [4.69, 9.17) is 0 Å². The van der Waals surface area contributed by atoms with Gasteiger partial charge in [0.2, 0.25) is 0 Å². The molecule has 0 amide bonds. The Labute approximate surface area is 246 Å². The van der Waals surface area contributed by atoms with Crippen molar-refractivity contribution in [3.8, 4) is 0 Å². The van der Waals surface area contributed by atoms with E-state index < -0.39 is 0 Å². The molecule has 0 spiro atoms. The van der Waals surface area contributed by atoms with Crippen molar-refractivity contribution in [3.05, 3.63) is 48.6 Å². The lowest BCUT2D eigenvalue weighted by molar-refractivity contribution is -0.128. The van der Waals surface area contributed by atoms with Gasteiger partial charge in [0.15, 0.2) is 0 Å². The monoisotopic (exact) mass is 542 g/mol. The Bertz CT molecular complexity index is 871. The lowest BCUT2D eigenvalue weighted by Gasteiger charge is -2.50. The number of hydrogen-bond donors (Lipinski definition) is 0. The summed E-state index contributed by atoms with van der Waals surface area (Å²) in [6, 6.07) is 0. The van der Waals surface area contributed by atoms with Gasteiger partial charge in [0.25, 0.3) is 0 Å². The van der Waals surface area contributed by atoms with Crippen molar-refractivity contribution in [2.45, 2.75) is 141 Å². The Hall–Kier alpha value is -1.37. The van der Waals surface area contributed by atoms with Crippen LogP contribution in [0.3, 0.4) is 0 Å². The topological polar surface area (TPSA) is 17.1 Å². The number of ketones is 1. The van der Waals surface area contributed by atoms with E-state index in [-0.39, 0.29) is 10.8 Å². The highest BCUT2D eigenvalue weighted by molar-refractivity contribution is 5.80. The molecule has 1 heteroatoms. The number of carbonyl (C=O) groups excluding carboxylic acids is 1. The van der Waals surface area contributed by atoms with E-state index >= 15 is 0 Å². The second-order valence-electron chi connectivity index (χ2n) is 15.3. The molecule has 0 radical (unpaired) electrons. The molecule has 0 saturated heterocycles. The highest BCUT2D eigenvalue weighted by Crippen LogP contribution is 2.56. The van der Waals surface area contributed by atoms with Crippen LogP contribution in [-0.2, 0) is 4.79 Å². The number of allylic oxidation sites excluding steroid dienone is 8. The van der Waals surface area contributed by atoms with Crippen LogP contribution in [0, 0.1) is 46.3 Å². The van der Waals surface area contributed by atoms with Gasteiger partial charge in [-0.3, -0.25) is 4.79 Å². The highest BCUT2D eigenvalue weighted by Gasteiger charge is 2.47. The first-order valence-electron chi connectivity index (χ1n) is 17.8. The van der Waals surface area contributed by atoms with Crippen LogP contribution in [-0.4, -0.2) is 5.78 Å². The van der Waals surface area contributed by atoms with Gasteiger partial charge in [-0.15, -0.1) is 0 Å². The molecule has 0 aromatic rings. The maximum Gasteiger partial charge on any atom is 0.134 e. The van der Waals surface area contributed by atoms with Crippen molar-refractivity contribution in [1.82, 2.24) is 0 Å². The molecule has 2 saturated carbocycles. The van der Waals surface area contributed by atoms with E-state index in [0.29, 0.717) is 5.78 Å². The Morgan fingerprint density at radius 1 is 0.450 bits per heavy atom. The van der Waals surface area contributed by atoms with E-state index in [9.17, 15) is 4.79 Å². The Kier molecular flexibility index (Phi) is 9.55. The minimum Gasteiger partial charge on any atom is -0.300 e. The molecule has 6 rings (SSSR count). The fraction of sp³-hybridized carbons (Fsp3) is 0.769. The van der Waals surface area contributed by atoms with Gasteiger partial charge in [0, 0.05) is 12.8 Å². The van der Waals surface area contributed by atoms with Gasteiger partial charge in [-0.25, -0.2) is 0 Å². The molecular formula is C39H58O. The molecule has 4 unspecified atom stereocenters. The maximum absolute atomic E-state index is 14.4. The molecule has 0 heterocycles. The Morgan fingerprint density at radius 2 is 0.825 bits per heavy atom. The van der Waals surface area contributed by atoms with Gasteiger partial charge >= 0.3 is 0 Å². The zero-order valence-corrected chi connectivity index (χ0v) is 25.5. The van der Waals surface area contributed by atoms with Crippen molar-refractivity contribution < 1.29 is 4.79 Å². The first kappa shape index (κ1) is 28.7. The van der Waals surface area contributed by atoms with Crippen LogP contribution in [0.2, 0.25) is 0 Å². The highest BCUT2D eigenvalue weighted by atomic mass is 16.1. The summed E-state index contributed by atoms with van der Waals surface area (Å²) in [4.78, 5) is 14.4. The number of hydrogen-bond acceptors (Lipinski definition) is 1. The molecule has 1 nitrogen and oxygen atoms in total. The van der Waals surface area contributed by atoms with E-state index in [1.54, 1.807) is 0 Å². The van der Waals surface area contributed by atoms with Crippen LogP contribution < -0.4 is 0 Å². The van der Waals surface area contributed by atoms with Crippen molar-refractivity contribution in [1.29, 1.82) is 0 Å². The average Bonchev–Trinajstić information content (AvgIpc) is 3.03.